The third-order valence-corrected chi connectivity index (χ3v) is 12.3. The Hall–Kier alpha value is -0.920. The van der Waals surface area contributed by atoms with Gasteiger partial charge >= 0.3 is 0 Å². The fourth-order valence-electron chi connectivity index (χ4n) is 8.54. The average molecular weight is 872 g/mol. The summed E-state index contributed by atoms with van der Waals surface area (Å²) >= 11 is 0. The third kappa shape index (κ3) is 13.3. The molecular weight excluding hydrogens is 794 g/mol. The quantitative estimate of drug-likeness (QED) is 0.0476. The van der Waals surface area contributed by atoms with Crippen molar-refractivity contribution in [3.05, 3.63) is 0 Å². The van der Waals surface area contributed by atoms with Crippen LogP contribution in [-0.2, 0) is 28.4 Å². The highest BCUT2D eigenvalue weighted by molar-refractivity contribution is 5.01. The number of ether oxygens (including phenoxy) is 6. The number of hydrogen-bond donors (Lipinski definition) is 15. The molecule has 2 aliphatic heterocycles. The van der Waals surface area contributed by atoms with Gasteiger partial charge in [0.1, 0.15) is 61.0 Å². The fourth-order valence-corrected chi connectivity index (χ4v) is 8.54. The number of aliphatic hydroxyl groups excluding tert-OH is 8. The van der Waals surface area contributed by atoms with Gasteiger partial charge in [-0.2, -0.15) is 0 Å². The maximum absolute atomic E-state index is 11.1. The van der Waals surface area contributed by atoms with Crippen LogP contribution in [-0.4, -0.2) is 245 Å². The molecule has 4 fully saturated rings. The summed E-state index contributed by atoms with van der Waals surface area (Å²) in [5, 5.41) is 85.0. The molecule has 0 spiro atoms. The van der Waals surface area contributed by atoms with E-state index >= 15 is 0 Å². The van der Waals surface area contributed by atoms with Gasteiger partial charge in [-0.1, -0.05) is 6.92 Å². The molecule has 0 aromatic heterocycles. The van der Waals surface area contributed by atoms with Crippen LogP contribution in [0.3, 0.4) is 0 Å². The normalized spacial score (nSPS) is 44.0. The summed E-state index contributed by atoms with van der Waals surface area (Å²) in [6.45, 7) is 3.20. The lowest BCUT2D eigenvalue weighted by Crippen LogP contribution is -2.68. The van der Waals surface area contributed by atoms with E-state index in [9.17, 15) is 40.9 Å². The summed E-state index contributed by atoms with van der Waals surface area (Å²) in [6.07, 6.45) is -15.2. The maximum Gasteiger partial charge on any atom is 0.176 e. The highest BCUT2D eigenvalue weighted by atomic mass is 16.7. The van der Waals surface area contributed by atoms with Gasteiger partial charge in [0.15, 0.2) is 12.6 Å². The monoisotopic (exact) mass is 872 g/mol. The van der Waals surface area contributed by atoms with Crippen molar-refractivity contribution < 1.29 is 69.3 Å². The Morgan fingerprint density at radius 2 is 0.967 bits per heavy atom. The van der Waals surface area contributed by atoms with Gasteiger partial charge in [0.25, 0.3) is 0 Å². The van der Waals surface area contributed by atoms with Crippen molar-refractivity contribution in [3.63, 3.8) is 0 Å². The molecule has 23 nitrogen and oxygen atoms in total. The highest BCUT2D eigenvalue weighted by Crippen LogP contribution is 2.32. The summed E-state index contributed by atoms with van der Waals surface area (Å²) in [5.74, 6) is -0.225. The minimum absolute atomic E-state index is 0.0826. The molecule has 2 saturated heterocycles. The lowest BCUT2D eigenvalue weighted by molar-refractivity contribution is -0.293. The molecule has 60 heavy (non-hydrogen) atoms. The first-order valence-corrected chi connectivity index (χ1v) is 21.1. The first-order valence-electron chi connectivity index (χ1n) is 21.1. The van der Waals surface area contributed by atoms with Crippen molar-refractivity contribution in [2.75, 3.05) is 66.6 Å². The number of nitrogens with zero attached hydrogens (tertiary/aromatic N) is 2. The van der Waals surface area contributed by atoms with Crippen LogP contribution in [0.5, 0.6) is 0 Å². The van der Waals surface area contributed by atoms with Crippen molar-refractivity contribution in [2.45, 2.75) is 161 Å². The van der Waals surface area contributed by atoms with Crippen molar-refractivity contribution in [1.29, 1.82) is 0 Å². The lowest BCUT2D eigenvalue weighted by Gasteiger charge is -2.47. The smallest absolute Gasteiger partial charge is 0.176 e. The molecule has 2 heterocycles. The van der Waals surface area contributed by atoms with Gasteiger partial charge in [-0.15, -0.1) is 0 Å². The summed E-state index contributed by atoms with van der Waals surface area (Å²) < 4.78 is 35.6. The molecule has 0 amide bonds. The van der Waals surface area contributed by atoms with Gasteiger partial charge < -0.3 is 119 Å². The molecule has 22 N–H and O–H groups in total. The Kier molecular flexibility index (Phi) is 20.6. The molecule has 4 aliphatic rings. The second-order valence-electron chi connectivity index (χ2n) is 17.4. The molecular formula is C37H77N9O14. The maximum atomic E-state index is 11.1. The predicted molar refractivity (Wildman–Crippen MR) is 215 cm³/mol. The summed E-state index contributed by atoms with van der Waals surface area (Å²) in [6, 6.07) is -4.24. The van der Waals surface area contributed by atoms with E-state index in [-0.39, 0.29) is 51.7 Å². The molecule has 20 unspecified atom stereocenters. The summed E-state index contributed by atoms with van der Waals surface area (Å²) in [4.78, 5) is 3.90. The first-order chi connectivity index (χ1) is 28.3. The van der Waals surface area contributed by atoms with E-state index in [4.69, 9.17) is 68.6 Å². The van der Waals surface area contributed by atoms with E-state index < -0.39 is 128 Å². The van der Waals surface area contributed by atoms with E-state index in [1.54, 1.807) is 0 Å². The third-order valence-electron chi connectivity index (χ3n) is 12.3. The summed E-state index contributed by atoms with van der Waals surface area (Å²) in [5.41, 5.74) is 42.5. The molecule has 2 saturated carbocycles. The average Bonchev–Trinajstić information content (AvgIpc) is 3.20. The van der Waals surface area contributed by atoms with Gasteiger partial charge in [0.05, 0.1) is 49.7 Å². The van der Waals surface area contributed by atoms with Crippen LogP contribution in [0.1, 0.15) is 32.6 Å². The zero-order valence-corrected chi connectivity index (χ0v) is 35.2. The van der Waals surface area contributed by atoms with Gasteiger partial charge in [-0.3, -0.25) is 0 Å². The second-order valence-corrected chi connectivity index (χ2v) is 17.4. The number of likely N-dealkylation sites (N-methyl/N-ethyl adjacent to an activating group) is 2. The van der Waals surface area contributed by atoms with E-state index in [1.807, 2.05) is 30.8 Å². The summed E-state index contributed by atoms with van der Waals surface area (Å²) in [7, 11) is 3.73. The largest absolute Gasteiger partial charge is 0.390 e. The van der Waals surface area contributed by atoms with Crippen molar-refractivity contribution >= 4 is 0 Å². The van der Waals surface area contributed by atoms with Crippen LogP contribution >= 0.6 is 0 Å². The number of nitrogens with two attached hydrogens (primary N) is 7. The van der Waals surface area contributed by atoms with Gasteiger partial charge in [-0.05, 0) is 58.8 Å². The Labute approximate surface area is 352 Å². The van der Waals surface area contributed by atoms with E-state index in [0.29, 0.717) is 19.5 Å². The number of rotatable bonds is 21. The zero-order chi connectivity index (χ0) is 44.6. The van der Waals surface area contributed by atoms with E-state index in [1.165, 1.54) is 0 Å². The van der Waals surface area contributed by atoms with Crippen LogP contribution in [0.2, 0.25) is 0 Å². The number of unbranched alkanes of at least 4 members (excludes halogenated alkanes) is 1. The van der Waals surface area contributed by atoms with Crippen LogP contribution in [0.15, 0.2) is 0 Å². The van der Waals surface area contributed by atoms with Crippen molar-refractivity contribution in [1.82, 2.24) is 9.80 Å². The predicted octanol–water partition coefficient (Wildman–Crippen LogP) is -8.49. The van der Waals surface area contributed by atoms with Gasteiger partial charge in [-0.25, -0.2) is 0 Å². The van der Waals surface area contributed by atoms with Crippen molar-refractivity contribution in [3.8, 4) is 0 Å². The minimum atomic E-state index is -1.38. The SMILES string of the molecule is CC1CC(N)C(OC2OC(CN)C(O)C(O)C2N)C(OC[C@@H](O)CN(C)CCCCN(C)C[C@H](O)COC2C(O)C(N)CC(N)C2OC2OC(CN)C(O)C(O)C2N)C1O. The highest BCUT2D eigenvalue weighted by Gasteiger charge is 2.50. The molecule has 2 aliphatic carbocycles. The molecule has 0 aromatic carbocycles. The second kappa shape index (κ2) is 23.8. The fraction of sp³-hybridized carbons (Fsp3) is 1.00. The molecule has 23 heteroatoms. The molecule has 0 aromatic rings. The first kappa shape index (κ1) is 51.7. The lowest BCUT2D eigenvalue weighted by atomic mass is 9.80. The Morgan fingerprint density at radius 3 is 1.38 bits per heavy atom. The van der Waals surface area contributed by atoms with Gasteiger partial charge in [0, 0.05) is 44.3 Å². The molecule has 0 bridgehead atoms. The van der Waals surface area contributed by atoms with E-state index in [2.05, 4.69) is 0 Å². The molecule has 4 rings (SSSR count). The number of hydrogen-bond acceptors (Lipinski definition) is 23. The molecule has 354 valence electrons. The van der Waals surface area contributed by atoms with E-state index in [0.717, 1.165) is 12.8 Å². The topological polar surface area (TPSA) is 406 Å². The number of aliphatic hydroxyl groups is 8. The Morgan fingerprint density at radius 1 is 0.567 bits per heavy atom. The van der Waals surface area contributed by atoms with Crippen LogP contribution in [0, 0.1) is 5.92 Å². The van der Waals surface area contributed by atoms with Crippen LogP contribution in [0.4, 0.5) is 0 Å². The zero-order valence-electron chi connectivity index (χ0n) is 35.2. The standard InChI is InChI=1S/C37H77N9O14/c1-16-8-20(41)32(59-36-24(43)30(53)28(51)22(10-38)57-36)34(26(16)49)55-14-17(47)12-45(2)6-4-5-7-46(3)13-18(48)15-56-35-27(50)19(40)9-21(42)33(35)60-37-25(44)31(54)29(52)23(11-39)58-37/h16-37,47-54H,4-15,38-44H2,1-3H3/t16?,17-,18-,19?,20?,21?,22?,23?,24?,25?,26?,27?,28?,29?,30?,31?,32?,33?,34?,35?,36?,37?/m0/s1. The molecule has 0 radical (unpaired) electrons. The minimum Gasteiger partial charge on any atom is -0.390 e. The van der Waals surface area contributed by atoms with Crippen LogP contribution in [0.25, 0.3) is 0 Å². The van der Waals surface area contributed by atoms with Crippen molar-refractivity contribution in [2.24, 2.45) is 46.1 Å². The van der Waals surface area contributed by atoms with Gasteiger partial charge in [0.2, 0.25) is 0 Å². The Balaban J connectivity index is 1.18. The molecule has 22 atom stereocenters. The van der Waals surface area contributed by atoms with Crippen LogP contribution < -0.4 is 40.1 Å². The Bertz CT molecular complexity index is 1150.